The zero-order chi connectivity index (χ0) is 15.9. The van der Waals surface area contributed by atoms with E-state index in [4.69, 9.17) is 33.7 Å². The zero-order valence-electron chi connectivity index (χ0n) is 11.3. The van der Waals surface area contributed by atoms with Crippen LogP contribution in [-0.2, 0) is 6.42 Å². The van der Waals surface area contributed by atoms with E-state index < -0.39 is 0 Å². The number of nitrogens with two attached hydrogens (primary N) is 1. The van der Waals surface area contributed by atoms with Crippen LogP contribution < -0.4 is 16.0 Å². The number of fused-ring (bicyclic) bond motifs is 1. The van der Waals surface area contributed by atoms with Gasteiger partial charge in [-0.05, 0) is 31.4 Å². The van der Waals surface area contributed by atoms with Crippen LogP contribution in [0.15, 0.2) is 16.9 Å². The van der Waals surface area contributed by atoms with Crippen LogP contribution in [0.25, 0.3) is 0 Å². The number of hydrogen-bond donors (Lipinski definition) is 2. The molecule has 1 aliphatic carbocycles. The van der Waals surface area contributed by atoms with E-state index >= 15 is 0 Å². The minimum Gasteiger partial charge on any atom is -0.434 e. The van der Waals surface area contributed by atoms with Gasteiger partial charge in [0.15, 0.2) is 5.75 Å². The Bertz CT molecular complexity index is 771. The van der Waals surface area contributed by atoms with Gasteiger partial charge in [0.2, 0.25) is 5.88 Å². The van der Waals surface area contributed by atoms with Crippen LogP contribution in [0.2, 0.25) is 10.0 Å². The lowest BCUT2D eigenvalue weighted by molar-refractivity contribution is 0.440. The Hall–Kier alpha value is -1.24. The highest BCUT2D eigenvalue weighted by Gasteiger charge is 2.26. The third-order valence-corrected chi connectivity index (χ3v) is 4.98. The van der Waals surface area contributed by atoms with Gasteiger partial charge in [-0.3, -0.25) is 4.79 Å². The second-order valence-corrected chi connectivity index (χ2v) is 6.95. The van der Waals surface area contributed by atoms with Crippen LogP contribution in [0.1, 0.15) is 28.8 Å². The molecule has 1 aromatic carbocycles. The van der Waals surface area contributed by atoms with Crippen LogP contribution in [0.5, 0.6) is 11.6 Å². The van der Waals surface area contributed by atoms with E-state index in [-0.39, 0.29) is 26.2 Å². The van der Waals surface area contributed by atoms with E-state index in [0.29, 0.717) is 23.6 Å². The van der Waals surface area contributed by atoms with E-state index in [2.05, 4.69) is 26.1 Å². The summed E-state index contributed by atoms with van der Waals surface area (Å²) < 4.78 is 5.78. The monoisotopic (exact) mass is 403 g/mol. The molecule has 8 heteroatoms. The fourth-order valence-electron chi connectivity index (χ4n) is 2.51. The first-order chi connectivity index (χ1) is 10.5. The minimum atomic E-state index is -0.210. The number of anilines is 1. The lowest BCUT2D eigenvalue weighted by Gasteiger charge is -2.21. The second-order valence-electron chi connectivity index (χ2n) is 5.03. The maximum atomic E-state index is 12.0. The molecule has 0 radical (unpaired) electrons. The zero-order valence-corrected chi connectivity index (χ0v) is 14.4. The van der Waals surface area contributed by atoms with Crippen molar-refractivity contribution in [3.05, 3.63) is 43.7 Å². The third kappa shape index (κ3) is 2.83. The minimum absolute atomic E-state index is 0.0114. The molecule has 1 aromatic heterocycles. The lowest BCUT2D eigenvalue weighted by Crippen LogP contribution is -2.22. The average Bonchev–Trinajstić information content (AvgIpc) is 2.45. The number of halogens is 3. The van der Waals surface area contributed by atoms with E-state index in [9.17, 15) is 4.79 Å². The summed E-state index contributed by atoms with van der Waals surface area (Å²) in [6.07, 6.45) is 2.55. The normalized spacial score (nSPS) is 17.1. The molecule has 3 rings (SSSR count). The highest BCUT2D eigenvalue weighted by atomic mass is 79.9. The SMILES string of the molecule is Nc1cc(Cl)c(Oc2n[nH]c(=O)c3c2CCCC3Br)c(Cl)c1. The Morgan fingerprint density at radius 2 is 2.05 bits per heavy atom. The predicted octanol–water partition coefficient (Wildman–Crippen LogP) is 4.22. The topological polar surface area (TPSA) is 81.0 Å². The molecule has 0 aliphatic heterocycles. The van der Waals surface area contributed by atoms with Crippen molar-refractivity contribution in [3.8, 4) is 11.6 Å². The summed E-state index contributed by atoms with van der Waals surface area (Å²) in [6, 6.07) is 3.10. The molecule has 2 aromatic rings. The standard InChI is InChI=1S/C14H12BrCl2N3O2/c15-8-3-1-2-7-11(8)13(21)19-20-14(7)22-12-9(16)4-6(18)5-10(12)17/h4-5,8H,1-3,18H2,(H,19,21). The molecule has 0 amide bonds. The summed E-state index contributed by atoms with van der Waals surface area (Å²) in [4.78, 5) is 12.0. The van der Waals surface area contributed by atoms with Gasteiger partial charge in [-0.15, -0.1) is 5.10 Å². The van der Waals surface area contributed by atoms with E-state index in [0.717, 1.165) is 18.4 Å². The second kappa shape index (κ2) is 6.10. The van der Waals surface area contributed by atoms with Crippen molar-refractivity contribution in [2.24, 2.45) is 0 Å². The largest absolute Gasteiger partial charge is 0.434 e. The van der Waals surface area contributed by atoms with Gasteiger partial charge < -0.3 is 10.5 Å². The number of ether oxygens (including phenoxy) is 1. The fraction of sp³-hybridized carbons (Fsp3) is 0.286. The number of nitrogens with one attached hydrogen (secondary N) is 1. The van der Waals surface area contributed by atoms with Gasteiger partial charge in [-0.25, -0.2) is 5.10 Å². The molecule has 116 valence electrons. The van der Waals surface area contributed by atoms with Crippen LogP contribution in [0, 0.1) is 0 Å². The van der Waals surface area contributed by atoms with Gasteiger partial charge in [0.05, 0.1) is 10.0 Å². The lowest BCUT2D eigenvalue weighted by atomic mass is 9.94. The predicted molar refractivity (Wildman–Crippen MR) is 90.4 cm³/mol. The van der Waals surface area contributed by atoms with E-state index in [1.54, 1.807) is 12.1 Å². The molecule has 22 heavy (non-hydrogen) atoms. The van der Waals surface area contributed by atoms with Crippen molar-refractivity contribution < 1.29 is 4.74 Å². The third-order valence-electron chi connectivity index (χ3n) is 3.50. The Morgan fingerprint density at radius 1 is 1.36 bits per heavy atom. The number of benzene rings is 1. The number of aromatic nitrogens is 2. The summed E-state index contributed by atoms with van der Waals surface area (Å²) in [6.45, 7) is 0. The Morgan fingerprint density at radius 3 is 2.73 bits per heavy atom. The summed E-state index contributed by atoms with van der Waals surface area (Å²) in [5.74, 6) is 0.586. The molecule has 1 unspecified atom stereocenters. The first kappa shape index (κ1) is 15.6. The number of nitrogens with zero attached hydrogens (tertiary/aromatic N) is 1. The molecule has 0 saturated heterocycles. The van der Waals surface area contributed by atoms with Gasteiger partial charge in [-0.1, -0.05) is 39.1 Å². The Kier molecular flexibility index (Phi) is 4.34. The Balaban J connectivity index is 2.08. The van der Waals surface area contributed by atoms with Crippen molar-refractivity contribution >= 4 is 44.8 Å². The highest BCUT2D eigenvalue weighted by Crippen LogP contribution is 2.41. The maximum absolute atomic E-state index is 12.0. The molecular weight excluding hydrogens is 393 g/mol. The van der Waals surface area contributed by atoms with Crippen LogP contribution in [0.4, 0.5) is 5.69 Å². The summed E-state index contributed by atoms with van der Waals surface area (Å²) in [7, 11) is 0. The molecule has 3 N–H and O–H groups in total. The molecule has 1 atom stereocenters. The molecule has 0 spiro atoms. The fourth-order valence-corrected chi connectivity index (χ4v) is 3.90. The first-order valence-electron chi connectivity index (χ1n) is 6.65. The number of hydrogen-bond acceptors (Lipinski definition) is 4. The van der Waals surface area contributed by atoms with Crippen LogP contribution in [-0.4, -0.2) is 10.2 Å². The average molecular weight is 405 g/mol. The number of nitrogen functional groups attached to an aromatic ring is 1. The van der Waals surface area contributed by atoms with Gasteiger partial charge in [0.25, 0.3) is 5.56 Å². The summed E-state index contributed by atoms with van der Waals surface area (Å²) in [5, 5.41) is 7.03. The van der Waals surface area contributed by atoms with Crippen molar-refractivity contribution in [2.75, 3.05) is 5.73 Å². The van der Waals surface area contributed by atoms with Gasteiger partial charge in [0, 0.05) is 21.6 Å². The van der Waals surface area contributed by atoms with Crippen molar-refractivity contribution in [3.63, 3.8) is 0 Å². The molecular formula is C14H12BrCl2N3O2. The van der Waals surface area contributed by atoms with Crippen LogP contribution in [0.3, 0.4) is 0 Å². The summed E-state index contributed by atoms with van der Waals surface area (Å²) >= 11 is 15.8. The van der Waals surface area contributed by atoms with Crippen molar-refractivity contribution in [1.82, 2.24) is 10.2 Å². The molecule has 0 bridgehead atoms. The maximum Gasteiger partial charge on any atom is 0.269 e. The van der Waals surface area contributed by atoms with Gasteiger partial charge >= 0.3 is 0 Å². The van der Waals surface area contributed by atoms with Crippen molar-refractivity contribution in [2.45, 2.75) is 24.1 Å². The quantitative estimate of drug-likeness (QED) is 0.579. The summed E-state index contributed by atoms with van der Waals surface area (Å²) in [5.41, 5.74) is 7.34. The molecule has 5 nitrogen and oxygen atoms in total. The first-order valence-corrected chi connectivity index (χ1v) is 8.32. The smallest absolute Gasteiger partial charge is 0.269 e. The molecule has 1 heterocycles. The number of alkyl halides is 1. The van der Waals surface area contributed by atoms with E-state index in [1.165, 1.54) is 0 Å². The number of H-pyrrole nitrogens is 1. The molecule has 0 saturated carbocycles. The molecule has 0 fully saturated rings. The highest BCUT2D eigenvalue weighted by molar-refractivity contribution is 9.09. The van der Waals surface area contributed by atoms with Gasteiger partial charge in [-0.2, -0.15) is 0 Å². The van der Waals surface area contributed by atoms with Crippen molar-refractivity contribution in [1.29, 1.82) is 0 Å². The van der Waals surface area contributed by atoms with Crippen LogP contribution >= 0.6 is 39.1 Å². The van der Waals surface area contributed by atoms with E-state index in [1.807, 2.05) is 0 Å². The Labute approximate surface area is 144 Å². The molecule has 1 aliphatic rings. The number of aromatic amines is 1. The number of rotatable bonds is 2. The van der Waals surface area contributed by atoms with Gasteiger partial charge in [0.1, 0.15) is 0 Å².